The van der Waals surface area contributed by atoms with E-state index in [0.29, 0.717) is 11.6 Å². The number of carbonyl (C=O) groups excluding carboxylic acids is 4. The molecule has 0 radical (unpaired) electrons. The Hall–Kier alpha value is -3.01. The summed E-state index contributed by atoms with van der Waals surface area (Å²) in [6.45, 7) is 10.3. The van der Waals surface area contributed by atoms with Gasteiger partial charge in [0, 0.05) is 51.3 Å². The Morgan fingerprint density at radius 3 is 2.44 bits per heavy atom. The molecule has 36 heavy (non-hydrogen) atoms. The smallest absolute Gasteiger partial charge is 0.277 e. The van der Waals surface area contributed by atoms with E-state index in [1.54, 1.807) is 12.4 Å². The van der Waals surface area contributed by atoms with Crippen molar-refractivity contribution >= 4 is 29.7 Å². The number of nitrogens with zero attached hydrogens (tertiary/aromatic N) is 5. The molecule has 1 N–H and O–H groups in total. The van der Waals surface area contributed by atoms with Gasteiger partial charge in [0.2, 0.25) is 17.7 Å². The van der Waals surface area contributed by atoms with E-state index in [9.17, 15) is 19.2 Å². The van der Waals surface area contributed by atoms with Gasteiger partial charge in [-0.3, -0.25) is 29.0 Å². The fourth-order valence-electron chi connectivity index (χ4n) is 5.50. The number of rotatable bonds is 7. The molecule has 3 fully saturated rings. The van der Waals surface area contributed by atoms with Crippen LogP contribution in [0.2, 0.25) is 0 Å². The normalized spacial score (nSPS) is 21.1. The molecule has 10 heteroatoms. The number of imidazole rings is 1. The molecular formula is C26H38N6O4. The lowest BCUT2D eigenvalue weighted by Gasteiger charge is -2.36. The van der Waals surface area contributed by atoms with E-state index in [1.165, 1.54) is 19.8 Å². The molecule has 3 aliphatic rings. The number of piperazine rings is 2. The number of aromatic nitrogens is 2. The molecule has 3 heterocycles. The van der Waals surface area contributed by atoms with Gasteiger partial charge >= 0.3 is 0 Å². The van der Waals surface area contributed by atoms with E-state index >= 15 is 0 Å². The summed E-state index contributed by atoms with van der Waals surface area (Å²) in [6, 6.07) is 0. The van der Waals surface area contributed by atoms with Crippen LogP contribution in [0, 0.1) is 5.92 Å². The summed E-state index contributed by atoms with van der Waals surface area (Å²) < 4.78 is 2.11. The highest BCUT2D eigenvalue weighted by Gasteiger charge is 2.32. The quantitative estimate of drug-likeness (QED) is 0.572. The summed E-state index contributed by atoms with van der Waals surface area (Å²) >= 11 is 0. The first-order chi connectivity index (χ1) is 17.2. The Morgan fingerprint density at radius 1 is 1.11 bits per heavy atom. The van der Waals surface area contributed by atoms with Crippen molar-refractivity contribution in [3.8, 4) is 0 Å². The second-order valence-electron chi connectivity index (χ2n) is 10.4. The zero-order valence-corrected chi connectivity index (χ0v) is 21.7. The van der Waals surface area contributed by atoms with Crippen LogP contribution in [0.5, 0.6) is 0 Å². The van der Waals surface area contributed by atoms with E-state index in [2.05, 4.69) is 38.5 Å². The van der Waals surface area contributed by atoms with Crippen molar-refractivity contribution < 1.29 is 19.2 Å². The molecule has 4 amide bonds. The molecule has 1 saturated carbocycles. The lowest BCUT2D eigenvalue weighted by Crippen LogP contribution is -2.51. The van der Waals surface area contributed by atoms with Crippen LogP contribution >= 0.6 is 0 Å². The van der Waals surface area contributed by atoms with Gasteiger partial charge in [-0.15, -0.1) is 0 Å². The van der Waals surface area contributed by atoms with Gasteiger partial charge in [0.25, 0.3) is 5.91 Å². The maximum atomic E-state index is 12.7. The molecule has 1 aromatic rings. The van der Waals surface area contributed by atoms with Crippen molar-refractivity contribution in [2.45, 2.75) is 65.3 Å². The third-order valence-corrected chi connectivity index (χ3v) is 7.43. The fourth-order valence-corrected chi connectivity index (χ4v) is 5.50. The van der Waals surface area contributed by atoms with Crippen LogP contribution in [0.1, 0.15) is 70.2 Å². The number of aryl methyl sites for hydroxylation is 1. The van der Waals surface area contributed by atoms with Crippen LogP contribution in [0.4, 0.5) is 0 Å². The highest BCUT2D eigenvalue weighted by Crippen LogP contribution is 2.27. The average molecular weight is 499 g/mol. The van der Waals surface area contributed by atoms with Crippen molar-refractivity contribution in [1.82, 2.24) is 29.6 Å². The Kier molecular flexibility index (Phi) is 8.23. The highest BCUT2D eigenvalue weighted by molar-refractivity contribution is 6.12. The second-order valence-corrected chi connectivity index (χ2v) is 10.4. The van der Waals surface area contributed by atoms with Crippen LogP contribution in [0.3, 0.4) is 0 Å². The largest absolute Gasteiger partial charge is 0.340 e. The van der Waals surface area contributed by atoms with Gasteiger partial charge in [-0.1, -0.05) is 26.7 Å². The van der Waals surface area contributed by atoms with Crippen molar-refractivity contribution in [2.75, 3.05) is 39.3 Å². The van der Waals surface area contributed by atoms with Crippen molar-refractivity contribution in [1.29, 1.82) is 0 Å². The van der Waals surface area contributed by atoms with E-state index in [4.69, 9.17) is 0 Å². The molecule has 10 nitrogen and oxygen atoms in total. The predicted octanol–water partition coefficient (Wildman–Crippen LogP) is 1.58. The van der Waals surface area contributed by atoms with Gasteiger partial charge in [0.1, 0.15) is 12.2 Å². The van der Waals surface area contributed by atoms with Gasteiger partial charge in [0.05, 0.1) is 12.0 Å². The number of amides is 4. The van der Waals surface area contributed by atoms with Crippen LogP contribution in [0.15, 0.2) is 12.0 Å². The predicted molar refractivity (Wildman–Crippen MR) is 134 cm³/mol. The van der Waals surface area contributed by atoms with Crippen LogP contribution in [-0.4, -0.2) is 87.1 Å². The molecule has 0 spiro atoms. The topological polar surface area (TPSA) is 108 Å². The summed E-state index contributed by atoms with van der Waals surface area (Å²) in [5.74, 6) is -0.613. The Balaban J connectivity index is 1.34. The molecule has 0 bridgehead atoms. The Bertz CT molecular complexity index is 1030. The van der Waals surface area contributed by atoms with Crippen molar-refractivity contribution in [3.63, 3.8) is 0 Å². The van der Waals surface area contributed by atoms with Gasteiger partial charge in [0.15, 0.2) is 0 Å². The summed E-state index contributed by atoms with van der Waals surface area (Å²) in [7, 11) is 0. The molecule has 0 unspecified atom stereocenters. The molecule has 1 aliphatic carbocycles. The zero-order valence-electron chi connectivity index (χ0n) is 21.7. The standard InChI is InChI=1S/C26H38N6O4/c1-18(2)24-21(15-22-26(36)32(19(3)33)16-23(34)28-22)27-17-31(24)10-6-9-29-11-13-30(14-12-29)25(35)20-7-4-5-8-20/h15,17-18,20H,4-14,16H2,1-3H3,(H,28,34)/b22-15-. The SMILES string of the molecule is CC(=O)N1CC(=O)N/C(=C\c2ncn(CCCN3CCN(C(=O)C4CCCC4)CC3)c2C(C)C)C1=O. The van der Waals surface area contributed by atoms with Gasteiger partial charge in [-0.05, 0) is 37.8 Å². The van der Waals surface area contributed by atoms with Crippen molar-refractivity contribution in [2.24, 2.45) is 5.92 Å². The minimum atomic E-state index is -0.517. The Morgan fingerprint density at radius 2 is 1.81 bits per heavy atom. The van der Waals surface area contributed by atoms with E-state index in [0.717, 1.165) is 69.1 Å². The molecule has 1 aromatic heterocycles. The highest BCUT2D eigenvalue weighted by atomic mass is 16.2. The van der Waals surface area contributed by atoms with Crippen molar-refractivity contribution in [3.05, 3.63) is 23.4 Å². The van der Waals surface area contributed by atoms with Gasteiger partial charge in [-0.25, -0.2) is 4.98 Å². The summed E-state index contributed by atoms with van der Waals surface area (Å²) in [6.07, 6.45) is 8.76. The van der Waals surface area contributed by atoms with E-state index in [-0.39, 0.29) is 24.1 Å². The van der Waals surface area contributed by atoms with Gasteiger partial charge in [-0.2, -0.15) is 0 Å². The molecule has 0 aromatic carbocycles. The van der Waals surface area contributed by atoms with Crippen LogP contribution in [-0.2, 0) is 25.7 Å². The number of nitrogens with one attached hydrogen (secondary N) is 1. The number of hydrogen-bond donors (Lipinski definition) is 1. The minimum absolute atomic E-state index is 0.0682. The molecule has 0 atom stereocenters. The summed E-state index contributed by atoms with van der Waals surface area (Å²) in [5, 5.41) is 2.59. The summed E-state index contributed by atoms with van der Waals surface area (Å²) in [5.41, 5.74) is 1.67. The summed E-state index contributed by atoms with van der Waals surface area (Å²) in [4.78, 5) is 59.0. The number of hydrogen-bond acceptors (Lipinski definition) is 6. The average Bonchev–Trinajstić information content (AvgIpc) is 3.51. The molecule has 2 aliphatic heterocycles. The second kappa shape index (κ2) is 11.4. The van der Waals surface area contributed by atoms with Crippen LogP contribution in [0.25, 0.3) is 6.08 Å². The third kappa shape index (κ3) is 5.86. The fraction of sp³-hybridized carbons (Fsp3) is 0.654. The maximum absolute atomic E-state index is 12.7. The van der Waals surface area contributed by atoms with Gasteiger partial charge < -0.3 is 14.8 Å². The first-order valence-corrected chi connectivity index (χ1v) is 13.1. The lowest BCUT2D eigenvalue weighted by atomic mass is 10.1. The first kappa shape index (κ1) is 26.1. The Labute approximate surface area is 212 Å². The maximum Gasteiger partial charge on any atom is 0.277 e. The molecule has 2 saturated heterocycles. The van der Waals surface area contributed by atoms with Crippen LogP contribution < -0.4 is 5.32 Å². The minimum Gasteiger partial charge on any atom is -0.340 e. The molecule has 4 rings (SSSR count). The molecular weight excluding hydrogens is 460 g/mol. The third-order valence-electron chi connectivity index (χ3n) is 7.43. The van der Waals surface area contributed by atoms with E-state index < -0.39 is 17.7 Å². The number of imide groups is 1. The lowest BCUT2D eigenvalue weighted by molar-refractivity contribution is -0.147. The molecule has 196 valence electrons. The number of carbonyl (C=O) groups is 4. The zero-order chi connectivity index (χ0) is 25.8. The first-order valence-electron chi connectivity index (χ1n) is 13.1. The monoisotopic (exact) mass is 498 g/mol. The van der Waals surface area contributed by atoms with E-state index in [1.807, 2.05) is 0 Å².